The van der Waals surface area contributed by atoms with E-state index in [0.717, 1.165) is 11.1 Å². The van der Waals surface area contributed by atoms with E-state index in [4.69, 9.17) is 16.9 Å². The Morgan fingerprint density at radius 2 is 1.95 bits per heavy atom. The average molecular weight is 297 g/mol. The normalized spacial score (nSPS) is 10.8. The van der Waals surface area contributed by atoms with Crippen molar-refractivity contribution < 1.29 is 4.79 Å². The zero-order valence-electron chi connectivity index (χ0n) is 11.4. The van der Waals surface area contributed by atoms with E-state index in [0.29, 0.717) is 10.7 Å². The van der Waals surface area contributed by atoms with Crippen LogP contribution in [-0.2, 0) is 4.79 Å². The van der Waals surface area contributed by atoms with Gasteiger partial charge < -0.3 is 5.32 Å². The van der Waals surface area contributed by atoms with E-state index < -0.39 is 5.91 Å². The van der Waals surface area contributed by atoms with Crippen LogP contribution in [0.25, 0.3) is 6.08 Å². The molecule has 0 aromatic heterocycles. The summed E-state index contributed by atoms with van der Waals surface area (Å²) in [6.45, 7) is 1.84. The summed E-state index contributed by atoms with van der Waals surface area (Å²) in [4.78, 5) is 12.2. The third-order valence-corrected chi connectivity index (χ3v) is 3.15. The lowest BCUT2D eigenvalue weighted by Gasteiger charge is -2.08. The van der Waals surface area contributed by atoms with Crippen molar-refractivity contribution in [3.63, 3.8) is 0 Å². The third kappa shape index (κ3) is 3.95. The van der Waals surface area contributed by atoms with Gasteiger partial charge in [-0.2, -0.15) is 5.26 Å². The molecule has 0 spiro atoms. The van der Waals surface area contributed by atoms with Crippen LogP contribution in [0.15, 0.2) is 54.1 Å². The fourth-order valence-corrected chi connectivity index (χ4v) is 2.05. The molecule has 0 aliphatic heterocycles. The molecule has 0 atom stereocenters. The zero-order valence-corrected chi connectivity index (χ0v) is 12.2. The first-order valence-electron chi connectivity index (χ1n) is 6.34. The highest BCUT2D eigenvalue weighted by Gasteiger charge is 2.10. The van der Waals surface area contributed by atoms with Gasteiger partial charge in [-0.3, -0.25) is 4.79 Å². The summed E-state index contributed by atoms with van der Waals surface area (Å²) in [5, 5.41) is 12.5. The lowest BCUT2D eigenvalue weighted by Crippen LogP contribution is -2.14. The summed E-state index contributed by atoms with van der Waals surface area (Å²) in [5.74, 6) is -0.438. The number of benzene rings is 2. The number of anilines is 1. The van der Waals surface area contributed by atoms with E-state index in [1.165, 1.54) is 0 Å². The molecule has 0 saturated heterocycles. The van der Waals surface area contributed by atoms with Gasteiger partial charge in [-0.25, -0.2) is 0 Å². The minimum absolute atomic E-state index is 0.0514. The first-order valence-corrected chi connectivity index (χ1v) is 6.72. The van der Waals surface area contributed by atoms with Crippen molar-refractivity contribution in [3.8, 4) is 6.07 Å². The molecule has 3 nitrogen and oxygen atoms in total. The molecule has 0 fully saturated rings. The van der Waals surface area contributed by atoms with Crippen LogP contribution in [0.1, 0.15) is 11.1 Å². The number of hydrogen-bond donors (Lipinski definition) is 1. The maximum absolute atomic E-state index is 12.2. The van der Waals surface area contributed by atoms with Crippen molar-refractivity contribution in [3.05, 3.63) is 70.3 Å². The molecule has 2 aromatic rings. The highest BCUT2D eigenvalue weighted by molar-refractivity contribution is 6.30. The molecule has 0 heterocycles. The Labute approximate surface area is 128 Å². The first-order chi connectivity index (χ1) is 10.1. The van der Waals surface area contributed by atoms with Crippen molar-refractivity contribution >= 4 is 29.3 Å². The average Bonchev–Trinajstić information content (AvgIpc) is 2.48. The molecule has 0 aliphatic carbocycles. The van der Waals surface area contributed by atoms with Gasteiger partial charge in [-0.1, -0.05) is 41.9 Å². The Morgan fingerprint density at radius 3 is 2.57 bits per heavy atom. The number of rotatable bonds is 3. The van der Waals surface area contributed by atoms with E-state index >= 15 is 0 Å². The summed E-state index contributed by atoms with van der Waals surface area (Å²) < 4.78 is 0. The summed E-state index contributed by atoms with van der Waals surface area (Å²) in [6.07, 6.45) is 1.56. The number of amides is 1. The molecule has 104 valence electrons. The van der Waals surface area contributed by atoms with Gasteiger partial charge in [-0.15, -0.1) is 0 Å². The van der Waals surface area contributed by atoms with E-state index in [-0.39, 0.29) is 5.57 Å². The standard InChI is InChI=1S/C17H13ClN2O/c1-12-9-15(18)7-8-16(12)20-17(21)14(11-19)10-13-5-3-2-4-6-13/h2-10H,1H3,(H,20,21)/b14-10+. The van der Waals surface area contributed by atoms with E-state index in [1.54, 1.807) is 24.3 Å². The van der Waals surface area contributed by atoms with E-state index in [1.807, 2.05) is 43.3 Å². The van der Waals surface area contributed by atoms with Gasteiger partial charge in [0.25, 0.3) is 5.91 Å². The number of hydrogen-bond acceptors (Lipinski definition) is 2. The second-order valence-electron chi connectivity index (χ2n) is 4.49. The predicted molar refractivity (Wildman–Crippen MR) is 84.9 cm³/mol. The van der Waals surface area contributed by atoms with Crippen molar-refractivity contribution in [1.29, 1.82) is 5.26 Å². The predicted octanol–water partition coefficient (Wildman–Crippen LogP) is 4.19. The van der Waals surface area contributed by atoms with Gasteiger partial charge in [0.05, 0.1) is 0 Å². The maximum Gasteiger partial charge on any atom is 0.266 e. The van der Waals surface area contributed by atoms with Crippen LogP contribution in [0, 0.1) is 18.3 Å². The molecule has 2 rings (SSSR count). The van der Waals surface area contributed by atoms with Crippen molar-refractivity contribution in [2.75, 3.05) is 5.32 Å². The maximum atomic E-state index is 12.2. The monoisotopic (exact) mass is 296 g/mol. The number of nitrogens with zero attached hydrogens (tertiary/aromatic N) is 1. The van der Waals surface area contributed by atoms with Gasteiger partial charge in [0.1, 0.15) is 11.6 Å². The largest absolute Gasteiger partial charge is 0.321 e. The van der Waals surface area contributed by atoms with Crippen LogP contribution < -0.4 is 5.32 Å². The van der Waals surface area contributed by atoms with Gasteiger partial charge in [0.2, 0.25) is 0 Å². The molecule has 0 bridgehead atoms. The topological polar surface area (TPSA) is 52.9 Å². The van der Waals surface area contributed by atoms with Gasteiger partial charge in [0, 0.05) is 10.7 Å². The minimum Gasteiger partial charge on any atom is -0.321 e. The Bertz CT molecular complexity index is 730. The fourth-order valence-electron chi connectivity index (χ4n) is 1.82. The SMILES string of the molecule is Cc1cc(Cl)ccc1NC(=O)/C(C#N)=C/c1ccccc1. The smallest absolute Gasteiger partial charge is 0.266 e. The number of nitriles is 1. The molecule has 0 saturated carbocycles. The van der Waals surface area contributed by atoms with Crippen LogP contribution in [0.4, 0.5) is 5.69 Å². The minimum atomic E-state index is -0.438. The Balaban J connectivity index is 2.22. The highest BCUT2D eigenvalue weighted by Crippen LogP contribution is 2.20. The fraction of sp³-hybridized carbons (Fsp3) is 0.0588. The summed E-state index contributed by atoms with van der Waals surface area (Å²) >= 11 is 5.87. The quantitative estimate of drug-likeness (QED) is 0.682. The van der Waals surface area contributed by atoms with Crippen molar-refractivity contribution in [2.45, 2.75) is 6.92 Å². The molecule has 0 aliphatic rings. The molecule has 1 amide bonds. The van der Waals surface area contributed by atoms with E-state index in [2.05, 4.69) is 5.32 Å². The van der Waals surface area contributed by atoms with Crippen LogP contribution in [-0.4, -0.2) is 5.91 Å². The molecule has 4 heteroatoms. The number of nitrogens with one attached hydrogen (secondary N) is 1. The zero-order chi connectivity index (χ0) is 15.2. The number of halogens is 1. The lowest BCUT2D eigenvalue weighted by molar-refractivity contribution is -0.112. The summed E-state index contributed by atoms with van der Waals surface area (Å²) in [7, 11) is 0. The molecule has 1 N–H and O–H groups in total. The Hall–Kier alpha value is -2.57. The Kier molecular flexibility index (Phi) is 4.76. The molecular weight excluding hydrogens is 284 g/mol. The van der Waals surface area contributed by atoms with Crippen LogP contribution in [0.2, 0.25) is 5.02 Å². The van der Waals surface area contributed by atoms with Gasteiger partial charge in [-0.05, 0) is 42.3 Å². The van der Waals surface area contributed by atoms with Gasteiger partial charge in [0.15, 0.2) is 0 Å². The van der Waals surface area contributed by atoms with Crippen molar-refractivity contribution in [1.82, 2.24) is 0 Å². The summed E-state index contributed by atoms with van der Waals surface area (Å²) in [5.41, 5.74) is 2.33. The second kappa shape index (κ2) is 6.74. The molecular formula is C17H13ClN2O. The molecule has 0 radical (unpaired) electrons. The molecule has 0 unspecified atom stereocenters. The second-order valence-corrected chi connectivity index (χ2v) is 4.93. The third-order valence-electron chi connectivity index (χ3n) is 2.91. The number of aryl methyl sites for hydroxylation is 1. The number of carbonyl (C=O) groups excluding carboxylic acids is 1. The lowest BCUT2D eigenvalue weighted by atomic mass is 10.1. The van der Waals surface area contributed by atoms with Crippen LogP contribution in [0.5, 0.6) is 0 Å². The molecule has 2 aromatic carbocycles. The van der Waals surface area contributed by atoms with Crippen molar-refractivity contribution in [2.24, 2.45) is 0 Å². The van der Waals surface area contributed by atoms with Crippen LogP contribution in [0.3, 0.4) is 0 Å². The van der Waals surface area contributed by atoms with E-state index in [9.17, 15) is 4.79 Å². The Morgan fingerprint density at radius 1 is 1.24 bits per heavy atom. The number of carbonyl (C=O) groups is 1. The first kappa shape index (κ1) is 14.8. The van der Waals surface area contributed by atoms with Gasteiger partial charge >= 0.3 is 0 Å². The molecule has 21 heavy (non-hydrogen) atoms. The summed E-state index contributed by atoms with van der Waals surface area (Å²) in [6, 6.07) is 16.3. The highest BCUT2D eigenvalue weighted by atomic mass is 35.5. The van der Waals surface area contributed by atoms with Crippen LogP contribution >= 0.6 is 11.6 Å².